The lowest BCUT2D eigenvalue weighted by Gasteiger charge is -2.15. The first kappa shape index (κ1) is 16.1. The van der Waals surface area contributed by atoms with Crippen molar-refractivity contribution < 1.29 is 4.79 Å². The predicted molar refractivity (Wildman–Crippen MR) is 80.7 cm³/mol. The van der Waals surface area contributed by atoms with Crippen LogP contribution in [0, 0.1) is 6.92 Å². The number of carbonyl (C=O) groups is 1. The normalized spacial score (nSPS) is 12.4. The minimum Gasteiger partial charge on any atom is -0.347 e. The van der Waals surface area contributed by atoms with Gasteiger partial charge < -0.3 is 11.1 Å². The van der Waals surface area contributed by atoms with Crippen molar-refractivity contribution in [1.82, 2.24) is 10.3 Å². The first-order chi connectivity index (χ1) is 9.12. The summed E-state index contributed by atoms with van der Waals surface area (Å²) < 4.78 is 0. The quantitative estimate of drug-likeness (QED) is 0.770. The monoisotopic (exact) mass is 283 g/mol. The van der Waals surface area contributed by atoms with Gasteiger partial charge in [-0.25, -0.2) is 4.98 Å². The molecular formula is C14H25N3OS. The Kier molecular flexibility index (Phi) is 7.02. The van der Waals surface area contributed by atoms with Crippen LogP contribution in [0.3, 0.4) is 0 Å². The van der Waals surface area contributed by atoms with E-state index in [-0.39, 0.29) is 11.9 Å². The Morgan fingerprint density at radius 1 is 1.42 bits per heavy atom. The largest absolute Gasteiger partial charge is 0.347 e. The molecule has 1 amide bonds. The second kappa shape index (κ2) is 8.27. The van der Waals surface area contributed by atoms with Crippen LogP contribution >= 0.6 is 11.3 Å². The highest BCUT2D eigenvalue weighted by molar-refractivity contribution is 7.13. The Hall–Kier alpha value is -0.940. The molecule has 4 nitrogen and oxygen atoms in total. The van der Waals surface area contributed by atoms with Gasteiger partial charge >= 0.3 is 0 Å². The standard InChI is InChI=1S/C14H25N3OS/c1-4-6-8-11(9-15)17-14(18)13-10(3)16-12(19-13)7-5-2/h11H,4-9,15H2,1-3H3,(H,17,18). The van der Waals surface area contributed by atoms with Gasteiger partial charge in [-0.2, -0.15) is 0 Å². The van der Waals surface area contributed by atoms with E-state index in [4.69, 9.17) is 5.73 Å². The van der Waals surface area contributed by atoms with Crippen LogP contribution in [-0.4, -0.2) is 23.5 Å². The average Bonchev–Trinajstić information content (AvgIpc) is 2.75. The summed E-state index contributed by atoms with van der Waals surface area (Å²) in [4.78, 5) is 17.4. The fraction of sp³-hybridized carbons (Fsp3) is 0.714. The van der Waals surface area contributed by atoms with Gasteiger partial charge in [0.1, 0.15) is 4.88 Å². The predicted octanol–water partition coefficient (Wildman–Crippen LogP) is 2.65. The summed E-state index contributed by atoms with van der Waals surface area (Å²) in [6.45, 7) is 6.64. The minimum absolute atomic E-state index is 0.0242. The van der Waals surface area contributed by atoms with Gasteiger partial charge in [-0.1, -0.05) is 26.7 Å². The van der Waals surface area contributed by atoms with Crippen molar-refractivity contribution in [2.24, 2.45) is 5.73 Å². The average molecular weight is 283 g/mol. The second-order valence-corrected chi connectivity index (χ2v) is 5.90. The molecule has 1 heterocycles. The highest BCUT2D eigenvalue weighted by Gasteiger charge is 2.17. The van der Waals surface area contributed by atoms with Crippen LogP contribution in [0.2, 0.25) is 0 Å². The maximum atomic E-state index is 12.2. The first-order valence-electron chi connectivity index (χ1n) is 7.09. The lowest BCUT2D eigenvalue weighted by molar-refractivity contribution is 0.0939. The summed E-state index contributed by atoms with van der Waals surface area (Å²) in [6.07, 6.45) is 5.14. The molecule has 0 aromatic carbocycles. The Bertz CT molecular complexity index is 403. The van der Waals surface area contributed by atoms with Gasteiger partial charge in [0.05, 0.1) is 10.7 Å². The molecule has 5 heteroatoms. The van der Waals surface area contributed by atoms with Crippen LogP contribution in [-0.2, 0) is 6.42 Å². The Morgan fingerprint density at radius 3 is 2.74 bits per heavy atom. The second-order valence-electron chi connectivity index (χ2n) is 4.82. The molecule has 0 aliphatic heterocycles. The number of carbonyl (C=O) groups excluding carboxylic acids is 1. The third-order valence-corrected chi connectivity index (χ3v) is 4.25. The maximum absolute atomic E-state index is 12.2. The summed E-state index contributed by atoms with van der Waals surface area (Å²) in [7, 11) is 0. The number of rotatable bonds is 8. The van der Waals surface area contributed by atoms with Crippen molar-refractivity contribution in [2.75, 3.05) is 6.54 Å². The van der Waals surface area contributed by atoms with E-state index in [1.165, 1.54) is 11.3 Å². The van der Waals surface area contributed by atoms with Crippen molar-refractivity contribution in [2.45, 2.75) is 58.9 Å². The maximum Gasteiger partial charge on any atom is 0.263 e. The van der Waals surface area contributed by atoms with E-state index < -0.39 is 0 Å². The molecule has 19 heavy (non-hydrogen) atoms. The smallest absolute Gasteiger partial charge is 0.263 e. The zero-order valence-electron chi connectivity index (χ0n) is 12.2. The third-order valence-electron chi connectivity index (χ3n) is 3.04. The molecule has 0 aliphatic rings. The number of amides is 1. The number of aryl methyl sites for hydroxylation is 2. The van der Waals surface area contributed by atoms with Crippen LogP contribution < -0.4 is 11.1 Å². The third kappa shape index (κ3) is 4.91. The van der Waals surface area contributed by atoms with E-state index in [0.29, 0.717) is 6.54 Å². The summed E-state index contributed by atoms with van der Waals surface area (Å²) >= 11 is 1.50. The summed E-state index contributed by atoms with van der Waals surface area (Å²) in [6, 6.07) is 0.0728. The van der Waals surface area contributed by atoms with Gasteiger partial charge in [0.2, 0.25) is 0 Å². The number of thiazole rings is 1. The molecule has 0 fully saturated rings. The molecule has 1 aromatic rings. The molecule has 0 aliphatic carbocycles. The summed E-state index contributed by atoms with van der Waals surface area (Å²) in [5, 5.41) is 4.06. The van der Waals surface area contributed by atoms with Crippen molar-refractivity contribution in [3.63, 3.8) is 0 Å². The molecule has 0 saturated carbocycles. The van der Waals surface area contributed by atoms with E-state index in [2.05, 4.69) is 24.1 Å². The molecule has 1 aromatic heterocycles. The van der Waals surface area contributed by atoms with Crippen LogP contribution in [0.25, 0.3) is 0 Å². The first-order valence-corrected chi connectivity index (χ1v) is 7.91. The molecule has 0 bridgehead atoms. The van der Waals surface area contributed by atoms with Crippen molar-refractivity contribution in [3.8, 4) is 0 Å². The van der Waals surface area contributed by atoms with Crippen LogP contribution in [0.4, 0.5) is 0 Å². The van der Waals surface area contributed by atoms with Gasteiger partial charge in [-0.05, 0) is 26.2 Å². The Balaban J connectivity index is 2.65. The minimum atomic E-state index is -0.0242. The van der Waals surface area contributed by atoms with Gasteiger partial charge in [-0.15, -0.1) is 11.3 Å². The lowest BCUT2D eigenvalue weighted by atomic mass is 10.1. The molecule has 108 valence electrons. The number of nitrogens with two attached hydrogens (primary N) is 1. The zero-order chi connectivity index (χ0) is 14.3. The highest BCUT2D eigenvalue weighted by Crippen LogP contribution is 2.19. The Labute approximate surface area is 119 Å². The van der Waals surface area contributed by atoms with E-state index in [1.54, 1.807) is 0 Å². The van der Waals surface area contributed by atoms with E-state index in [9.17, 15) is 4.79 Å². The number of nitrogens with one attached hydrogen (secondary N) is 1. The molecule has 0 spiro atoms. The molecule has 0 saturated heterocycles. The van der Waals surface area contributed by atoms with Crippen molar-refractivity contribution >= 4 is 17.2 Å². The fourth-order valence-electron chi connectivity index (χ4n) is 1.93. The molecule has 1 atom stereocenters. The summed E-state index contributed by atoms with van der Waals surface area (Å²) in [5.74, 6) is -0.0242. The molecule has 3 N–H and O–H groups in total. The number of hydrogen-bond donors (Lipinski definition) is 2. The van der Waals surface area contributed by atoms with Gasteiger partial charge in [-0.3, -0.25) is 4.79 Å². The molecular weight excluding hydrogens is 258 g/mol. The lowest BCUT2D eigenvalue weighted by Crippen LogP contribution is -2.40. The molecule has 1 rings (SSSR count). The number of nitrogens with zero attached hydrogens (tertiary/aromatic N) is 1. The Morgan fingerprint density at radius 2 is 2.16 bits per heavy atom. The zero-order valence-corrected chi connectivity index (χ0v) is 13.0. The summed E-state index contributed by atoms with van der Waals surface area (Å²) in [5.41, 5.74) is 6.53. The van der Waals surface area contributed by atoms with Crippen LogP contribution in [0.5, 0.6) is 0 Å². The SMILES string of the molecule is CCCCC(CN)NC(=O)c1sc(CCC)nc1C. The van der Waals surface area contributed by atoms with Crippen molar-refractivity contribution in [1.29, 1.82) is 0 Å². The number of hydrogen-bond acceptors (Lipinski definition) is 4. The van der Waals surface area contributed by atoms with Crippen LogP contribution in [0.15, 0.2) is 0 Å². The van der Waals surface area contributed by atoms with E-state index in [1.807, 2.05) is 6.92 Å². The molecule has 0 radical (unpaired) electrons. The van der Waals surface area contributed by atoms with Gasteiger partial charge in [0, 0.05) is 12.6 Å². The topological polar surface area (TPSA) is 68.0 Å². The van der Waals surface area contributed by atoms with Crippen LogP contribution in [0.1, 0.15) is 59.9 Å². The van der Waals surface area contributed by atoms with E-state index in [0.717, 1.165) is 47.7 Å². The van der Waals surface area contributed by atoms with Gasteiger partial charge in [0.25, 0.3) is 5.91 Å². The number of aromatic nitrogens is 1. The van der Waals surface area contributed by atoms with E-state index >= 15 is 0 Å². The fourth-order valence-corrected chi connectivity index (χ4v) is 3.00. The molecule has 1 unspecified atom stereocenters. The van der Waals surface area contributed by atoms with Gasteiger partial charge in [0.15, 0.2) is 0 Å². The van der Waals surface area contributed by atoms with Crippen molar-refractivity contribution in [3.05, 3.63) is 15.6 Å². The number of unbranched alkanes of at least 4 members (excludes halogenated alkanes) is 1. The highest BCUT2D eigenvalue weighted by atomic mass is 32.1.